The first kappa shape index (κ1) is 15.7. The molecule has 1 aliphatic heterocycles. The van der Waals surface area contributed by atoms with E-state index >= 15 is 0 Å². The van der Waals surface area contributed by atoms with Gasteiger partial charge in [0.1, 0.15) is 4.99 Å². The van der Waals surface area contributed by atoms with Gasteiger partial charge in [-0.25, -0.2) is 13.1 Å². The molecule has 0 amide bonds. The Kier molecular flexibility index (Phi) is 4.98. The summed E-state index contributed by atoms with van der Waals surface area (Å²) in [7, 11) is -3.59. The molecule has 110 valence electrons. The second-order valence-corrected chi connectivity index (χ2v) is 7.20. The second kappa shape index (κ2) is 6.36. The molecule has 1 atom stereocenters. The zero-order valence-electron chi connectivity index (χ0n) is 10.6. The molecule has 1 aliphatic rings. The third-order valence-electron chi connectivity index (χ3n) is 3.10. The highest BCUT2D eigenvalue weighted by atomic mass is 35.5. The van der Waals surface area contributed by atoms with Gasteiger partial charge in [-0.1, -0.05) is 23.8 Å². The summed E-state index contributed by atoms with van der Waals surface area (Å²) in [6, 6.07) is 4.30. The summed E-state index contributed by atoms with van der Waals surface area (Å²) in [6.07, 6.45) is 0.865. The highest BCUT2D eigenvalue weighted by Gasteiger charge is 2.21. The molecule has 3 N–H and O–H groups in total. The van der Waals surface area contributed by atoms with E-state index in [1.165, 1.54) is 18.2 Å². The van der Waals surface area contributed by atoms with Gasteiger partial charge in [-0.05, 0) is 30.5 Å². The Morgan fingerprint density at radius 2 is 2.30 bits per heavy atom. The van der Waals surface area contributed by atoms with Crippen molar-refractivity contribution in [3.8, 4) is 0 Å². The van der Waals surface area contributed by atoms with Crippen molar-refractivity contribution in [3.63, 3.8) is 0 Å². The molecule has 1 unspecified atom stereocenters. The van der Waals surface area contributed by atoms with E-state index in [9.17, 15) is 8.42 Å². The first-order chi connectivity index (χ1) is 9.40. The van der Waals surface area contributed by atoms with Crippen LogP contribution in [0.3, 0.4) is 0 Å². The molecule has 0 aromatic heterocycles. The molecule has 1 aromatic carbocycles. The van der Waals surface area contributed by atoms with Crippen molar-refractivity contribution in [2.45, 2.75) is 11.3 Å². The van der Waals surface area contributed by atoms with Crippen molar-refractivity contribution in [2.75, 3.05) is 19.8 Å². The van der Waals surface area contributed by atoms with Crippen LogP contribution in [0.25, 0.3) is 0 Å². The first-order valence-corrected chi connectivity index (χ1v) is 8.34. The van der Waals surface area contributed by atoms with Crippen LogP contribution >= 0.6 is 23.8 Å². The van der Waals surface area contributed by atoms with Gasteiger partial charge in [0.25, 0.3) is 0 Å². The Hall–Kier alpha value is -0.730. The van der Waals surface area contributed by atoms with Crippen LogP contribution in [0.15, 0.2) is 23.1 Å². The predicted molar refractivity (Wildman–Crippen MR) is 81.5 cm³/mol. The maximum absolute atomic E-state index is 12.1. The summed E-state index contributed by atoms with van der Waals surface area (Å²) in [4.78, 5) is 0.233. The van der Waals surface area contributed by atoms with Crippen LogP contribution in [0, 0.1) is 5.92 Å². The van der Waals surface area contributed by atoms with Gasteiger partial charge < -0.3 is 10.5 Å². The van der Waals surface area contributed by atoms with Crippen LogP contribution < -0.4 is 10.5 Å². The van der Waals surface area contributed by atoms with E-state index in [1.54, 1.807) is 0 Å². The van der Waals surface area contributed by atoms with Gasteiger partial charge in [0.05, 0.1) is 16.5 Å². The number of rotatable bonds is 5. The summed E-state index contributed by atoms with van der Waals surface area (Å²) in [6.45, 7) is 1.63. The van der Waals surface area contributed by atoms with Crippen molar-refractivity contribution in [1.29, 1.82) is 0 Å². The van der Waals surface area contributed by atoms with Gasteiger partial charge in [-0.2, -0.15) is 0 Å². The van der Waals surface area contributed by atoms with Gasteiger partial charge in [0.2, 0.25) is 10.0 Å². The molecule has 0 radical (unpaired) electrons. The minimum absolute atomic E-state index is 0.0985. The lowest BCUT2D eigenvalue weighted by molar-refractivity contribution is 0.186. The molecule has 0 spiro atoms. The van der Waals surface area contributed by atoms with E-state index in [-0.39, 0.29) is 20.8 Å². The Morgan fingerprint density at radius 1 is 1.55 bits per heavy atom. The number of benzene rings is 1. The van der Waals surface area contributed by atoms with Crippen molar-refractivity contribution in [1.82, 2.24) is 4.72 Å². The quantitative estimate of drug-likeness (QED) is 0.793. The lowest BCUT2D eigenvalue weighted by atomic mass is 10.1. The zero-order chi connectivity index (χ0) is 14.8. The van der Waals surface area contributed by atoms with Gasteiger partial charge in [-0.15, -0.1) is 0 Å². The number of ether oxygens (including phenoxy) is 1. The number of halogens is 1. The van der Waals surface area contributed by atoms with Crippen molar-refractivity contribution in [2.24, 2.45) is 11.7 Å². The fraction of sp³-hybridized carbons (Fsp3) is 0.417. The van der Waals surface area contributed by atoms with Crippen molar-refractivity contribution < 1.29 is 13.2 Å². The molecule has 1 fully saturated rings. The number of nitrogens with one attached hydrogen (secondary N) is 1. The molecule has 5 nitrogen and oxygen atoms in total. The molecule has 1 aromatic rings. The lowest BCUT2D eigenvalue weighted by Gasteiger charge is -2.11. The Balaban J connectivity index is 2.12. The summed E-state index contributed by atoms with van der Waals surface area (Å²) in [5.74, 6) is 0.219. The van der Waals surface area contributed by atoms with Gasteiger partial charge in [0, 0.05) is 18.7 Å². The number of nitrogens with two attached hydrogens (primary N) is 1. The fourth-order valence-corrected chi connectivity index (χ4v) is 3.64. The van der Waals surface area contributed by atoms with Gasteiger partial charge >= 0.3 is 0 Å². The zero-order valence-corrected chi connectivity index (χ0v) is 13.0. The number of thiocarbonyl (C=S) groups is 1. The average molecular weight is 335 g/mol. The predicted octanol–water partition coefficient (Wildman–Crippen LogP) is 1.29. The van der Waals surface area contributed by atoms with E-state index in [4.69, 9.17) is 34.3 Å². The number of hydrogen-bond acceptors (Lipinski definition) is 4. The Morgan fingerprint density at radius 3 is 2.85 bits per heavy atom. The topological polar surface area (TPSA) is 81.4 Å². The Labute approximate surface area is 128 Å². The first-order valence-electron chi connectivity index (χ1n) is 6.07. The summed E-state index contributed by atoms with van der Waals surface area (Å²) < 4.78 is 32.1. The molecule has 8 heteroatoms. The highest BCUT2D eigenvalue weighted by molar-refractivity contribution is 7.89. The molecular weight excluding hydrogens is 320 g/mol. The number of sulfonamides is 1. The maximum atomic E-state index is 12.1. The van der Waals surface area contributed by atoms with Crippen LogP contribution in [-0.4, -0.2) is 33.2 Å². The monoisotopic (exact) mass is 334 g/mol. The fourth-order valence-electron chi connectivity index (χ4n) is 1.92. The molecular formula is C12H15ClN2O3S2. The van der Waals surface area contributed by atoms with Gasteiger partial charge in [-0.3, -0.25) is 0 Å². The van der Waals surface area contributed by atoms with E-state index in [1.807, 2.05) is 0 Å². The molecule has 20 heavy (non-hydrogen) atoms. The van der Waals surface area contributed by atoms with Gasteiger partial charge in [0.15, 0.2) is 0 Å². The van der Waals surface area contributed by atoms with E-state index in [0.29, 0.717) is 25.3 Å². The van der Waals surface area contributed by atoms with Crippen LogP contribution in [0.2, 0.25) is 5.02 Å². The minimum Gasteiger partial charge on any atom is -0.389 e. The van der Waals surface area contributed by atoms with Crippen LogP contribution in [0.5, 0.6) is 0 Å². The highest BCUT2D eigenvalue weighted by Crippen LogP contribution is 2.21. The normalized spacial score (nSPS) is 19.1. The standard InChI is InChI=1S/C12H15ClN2O3S2/c13-11-5-9(1-2-10(11)12(14)19)20(16,17)15-6-8-3-4-18-7-8/h1-2,5,8,15H,3-4,6-7H2,(H2,14,19). The second-order valence-electron chi connectivity index (χ2n) is 4.59. The third-order valence-corrected chi connectivity index (χ3v) is 5.06. The number of hydrogen-bond donors (Lipinski definition) is 2. The summed E-state index contributed by atoms with van der Waals surface area (Å²) >= 11 is 10.8. The summed E-state index contributed by atoms with van der Waals surface area (Å²) in [5, 5.41) is 0.226. The molecule has 0 aliphatic carbocycles. The Bertz CT molecular complexity index is 613. The molecule has 2 rings (SSSR count). The largest absolute Gasteiger partial charge is 0.389 e. The third kappa shape index (κ3) is 3.67. The lowest BCUT2D eigenvalue weighted by Crippen LogP contribution is -2.29. The summed E-state index contributed by atoms with van der Waals surface area (Å²) in [5.41, 5.74) is 5.95. The van der Waals surface area contributed by atoms with Crippen LogP contribution in [-0.2, 0) is 14.8 Å². The van der Waals surface area contributed by atoms with Crippen molar-refractivity contribution >= 4 is 38.8 Å². The SMILES string of the molecule is NC(=S)c1ccc(S(=O)(=O)NCC2CCOC2)cc1Cl. The van der Waals surface area contributed by atoms with E-state index < -0.39 is 10.0 Å². The van der Waals surface area contributed by atoms with Crippen molar-refractivity contribution in [3.05, 3.63) is 28.8 Å². The molecule has 0 saturated carbocycles. The van der Waals surface area contributed by atoms with Crippen LogP contribution in [0.4, 0.5) is 0 Å². The minimum atomic E-state index is -3.59. The molecule has 1 saturated heterocycles. The molecule has 1 heterocycles. The van der Waals surface area contributed by atoms with Crippen LogP contribution in [0.1, 0.15) is 12.0 Å². The average Bonchev–Trinajstić information content (AvgIpc) is 2.89. The smallest absolute Gasteiger partial charge is 0.240 e. The van der Waals surface area contributed by atoms with E-state index in [2.05, 4.69) is 4.72 Å². The maximum Gasteiger partial charge on any atom is 0.240 e. The molecule has 0 bridgehead atoms. The van der Waals surface area contributed by atoms with E-state index in [0.717, 1.165) is 6.42 Å².